The Labute approximate surface area is 155 Å². The summed E-state index contributed by atoms with van der Waals surface area (Å²) in [6.45, 7) is 5.86. The number of likely N-dealkylation sites (tertiary alicyclic amines) is 1. The number of fused-ring (bicyclic) bond motifs is 1. The summed E-state index contributed by atoms with van der Waals surface area (Å²) >= 11 is 0. The number of carbonyl (C=O) groups excluding carboxylic acids is 1. The van der Waals surface area contributed by atoms with Gasteiger partial charge >= 0.3 is 0 Å². The molecule has 0 saturated carbocycles. The third-order valence-electron chi connectivity index (χ3n) is 5.76. The Kier molecular flexibility index (Phi) is 5.32. The molecule has 1 saturated heterocycles. The average Bonchev–Trinajstić information content (AvgIpc) is 3.09. The third kappa shape index (κ3) is 4.32. The van der Waals surface area contributed by atoms with Crippen LogP contribution in [0.1, 0.15) is 23.1 Å². The van der Waals surface area contributed by atoms with Gasteiger partial charge in [-0.1, -0.05) is 54.6 Å². The Morgan fingerprint density at radius 1 is 0.962 bits per heavy atom. The normalized spacial score (nSPS) is 24.8. The maximum absolute atomic E-state index is 12.5. The average molecular weight is 351 g/mol. The van der Waals surface area contributed by atoms with Crippen LogP contribution in [-0.2, 0) is 24.3 Å². The predicted octanol–water partition coefficient (Wildman–Crippen LogP) is -0.399. The van der Waals surface area contributed by atoms with E-state index in [0.717, 1.165) is 45.6 Å². The third-order valence-corrected chi connectivity index (χ3v) is 5.76. The van der Waals surface area contributed by atoms with Crippen LogP contribution in [0, 0.1) is 0 Å². The largest absolute Gasteiger partial charge is 0.343 e. The highest BCUT2D eigenvalue weighted by atomic mass is 16.2. The Morgan fingerprint density at radius 2 is 1.73 bits per heavy atom. The SMILES string of the molecule is O=C(C[NH+]1CCc2ccccc2C1)N[C@H]1CC[NH+](Cc2ccccc2)C1. The first-order valence-corrected chi connectivity index (χ1v) is 9.83. The molecule has 3 atom stereocenters. The molecule has 1 amide bonds. The molecule has 4 heteroatoms. The summed E-state index contributed by atoms with van der Waals surface area (Å²) in [6.07, 6.45) is 2.17. The van der Waals surface area contributed by atoms with Crippen molar-refractivity contribution in [1.82, 2.24) is 5.32 Å². The Hall–Kier alpha value is -2.17. The fourth-order valence-electron chi connectivity index (χ4n) is 4.40. The van der Waals surface area contributed by atoms with Crippen LogP contribution >= 0.6 is 0 Å². The zero-order valence-corrected chi connectivity index (χ0v) is 15.3. The van der Waals surface area contributed by atoms with E-state index in [1.807, 2.05) is 0 Å². The number of quaternary nitrogens is 2. The van der Waals surface area contributed by atoms with E-state index >= 15 is 0 Å². The molecular formula is C22H29N3O+2. The summed E-state index contributed by atoms with van der Waals surface area (Å²) in [6, 6.07) is 19.6. The number of amides is 1. The van der Waals surface area contributed by atoms with E-state index in [0.29, 0.717) is 12.6 Å². The van der Waals surface area contributed by atoms with Gasteiger partial charge in [0.2, 0.25) is 0 Å². The number of rotatable bonds is 5. The molecule has 2 aliphatic rings. The Balaban J connectivity index is 1.23. The first-order chi connectivity index (χ1) is 12.8. The second-order valence-corrected chi connectivity index (χ2v) is 7.79. The molecule has 26 heavy (non-hydrogen) atoms. The first kappa shape index (κ1) is 17.3. The van der Waals surface area contributed by atoms with Gasteiger partial charge in [0, 0.05) is 24.0 Å². The summed E-state index contributed by atoms with van der Waals surface area (Å²) in [5.41, 5.74) is 4.24. The van der Waals surface area contributed by atoms with Crippen molar-refractivity contribution in [3.05, 3.63) is 71.3 Å². The molecule has 136 valence electrons. The molecule has 2 unspecified atom stereocenters. The molecule has 4 nitrogen and oxygen atoms in total. The van der Waals surface area contributed by atoms with E-state index in [2.05, 4.69) is 59.9 Å². The van der Waals surface area contributed by atoms with Crippen molar-refractivity contribution >= 4 is 5.91 Å². The van der Waals surface area contributed by atoms with Crippen LogP contribution in [0.2, 0.25) is 0 Å². The summed E-state index contributed by atoms with van der Waals surface area (Å²) in [7, 11) is 0. The standard InChI is InChI=1S/C22H27N3O/c26-22(17-25-12-10-19-8-4-5-9-20(19)15-25)23-21-11-13-24(16-21)14-18-6-2-1-3-7-18/h1-9,21H,10-17H2,(H,23,26)/p+2/t21-/m0/s1. The zero-order valence-electron chi connectivity index (χ0n) is 15.3. The van der Waals surface area contributed by atoms with Crippen molar-refractivity contribution in [3.8, 4) is 0 Å². The van der Waals surface area contributed by atoms with Crippen molar-refractivity contribution in [1.29, 1.82) is 0 Å². The van der Waals surface area contributed by atoms with E-state index in [9.17, 15) is 4.79 Å². The van der Waals surface area contributed by atoms with Crippen LogP contribution < -0.4 is 15.1 Å². The summed E-state index contributed by atoms with van der Waals surface area (Å²) in [5.74, 6) is 0.213. The first-order valence-electron chi connectivity index (χ1n) is 9.83. The van der Waals surface area contributed by atoms with Gasteiger partial charge in [0.05, 0.1) is 25.7 Å². The molecule has 2 aromatic rings. The second-order valence-electron chi connectivity index (χ2n) is 7.79. The number of hydrogen-bond acceptors (Lipinski definition) is 1. The molecule has 2 aromatic carbocycles. The molecule has 0 radical (unpaired) electrons. The van der Waals surface area contributed by atoms with Gasteiger partial charge in [-0.2, -0.15) is 0 Å². The highest BCUT2D eigenvalue weighted by Crippen LogP contribution is 2.10. The minimum Gasteiger partial charge on any atom is -0.343 e. The van der Waals surface area contributed by atoms with Crippen molar-refractivity contribution in [3.63, 3.8) is 0 Å². The Bertz CT molecular complexity index is 746. The molecule has 0 aliphatic carbocycles. The zero-order chi connectivity index (χ0) is 17.8. The smallest absolute Gasteiger partial charge is 0.275 e. The lowest BCUT2D eigenvalue weighted by atomic mass is 10.00. The van der Waals surface area contributed by atoms with Gasteiger partial charge in [0.15, 0.2) is 6.54 Å². The van der Waals surface area contributed by atoms with Crippen LogP contribution in [0.15, 0.2) is 54.6 Å². The highest BCUT2D eigenvalue weighted by Gasteiger charge is 2.29. The van der Waals surface area contributed by atoms with Crippen LogP contribution in [0.5, 0.6) is 0 Å². The summed E-state index contributed by atoms with van der Waals surface area (Å²) in [4.78, 5) is 15.5. The molecule has 2 heterocycles. The van der Waals surface area contributed by atoms with Gasteiger partial charge in [-0.15, -0.1) is 0 Å². The molecular weight excluding hydrogens is 322 g/mol. The molecule has 4 rings (SSSR count). The topological polar surface area (TPSA) is 38.0 Å². The molecule has 3 N–H and O–H groups in total. The number of benzene rings is 2. The van der Waals surface area contributed by atoms with Gasteiger partial charge in [-0.05, 0) is 5.56 Å². The minimum absolute atomic E-state index is 0.213. The molecule has 0 spiro atoms. The fourth-order valence-corrected chi connectivity index (χ4v) is 4.40. The lowest BCUT2D eigenvalue weighted by Gasteiger charge is -2.25. The molecule has 2 aliphatic heterocycles. The van der Waals surface area contributed by atoms with Crippen LogP contribution in [-0.4, -0.2) is 38.1 Å². The van der Waals surface area contributed by atoms with Crippen molar-refractivity contribution in [2.75, 3.05) is 26.2 Å². The van der Waals surface area contributed by atoms with E-state index in [1.54, 1.807) is 4.90 Å². The van der Waals surface area contributed by atoms with E-state index in [-0.39, 0.29) is 5.91 Å². The fraction of sp³-hybridized carbons (Fsp3) is 0.409. The maximum atomic E-state index is 12.5. The Morgan fingerprint density at radius 3 is 2.58 bits per heavy atom. The number of hydrogen-bond donors (Lipinski definition) is 3. The van der Waals surface area contributed by atoms with Crippen LogP contribution in [0.3, 0.4) is 0 Å². The van der Waals surface area contributed by atoms with Gasteiger partial charge in [-0.25, -0.2) is 0 Å². The lowest BCUT2D eigenvalue weighted by Crippen LogP contribution is -3.13. The minimum atomic E-state index is 0.213. The van der Waals surface area contributed by atoms with E-state index in [4.69, 9.17) is 0 Å². The summed E-state index contributed by atoms with van der Waals surface area (Å²) in [5, 5.41) is 3.29. The van der Waals surface area contributed by atoms with E-state index < -0.39 is 0 Å². The van der Waals surface area contributed by atoms with Gasteiger partial charge < -0.3 is 15.1 Å². The van der Waals surface area contributed by atoms with Crippen LogP contribution in [0.25, 0.3) is 0 Å². The van der Waals surface area contributed by atoms with Gasteiger partial charge in [0.25, 0.3) is 5.91 Å². The summed E-state index contributed by atoms with van der Waals surface area (Å²) < 4.78 is 0. The van der Waals surface area contributed by atoms with Gasteiger partial charge in [0.1, 0.15) is 13.1 Å². The number of nitrogens with one attached hydrogen (secondary N) is 3. The predicted molar refractivity (Wildman–Crippen MR) is 102 cm³/mol. The molecule has 0 bridgehead atoms. The number of carbonyl (C=O) groups is 1. The van der Waals surface area contributed by atoms with E-state index in [1.165, 1.54) is 21.6 Å². The van der Waals surface area contributed by atoms with Gasteiger partial charge in [-0.3, -0.25) is 4.79 Å². The lowest BCUT2D eigenvalue weighted by molar-refractivity contribution is -0.908. The second kappa shape index (κ2) is 8.02. The highest BCUT2D eigenvalue weighted by molar-refractivity contribution is 5.77. The molecule has 1 fully saturated rings. The maximum Gasteiger partial charge on any atom is 0.275 e. The quantitative estimate of drug-likeness (QED) is 0.674. The van der Waals surface area contributed by atoms with Crippen LogP contribution in [0.4, 0.5) is 0 Å². The van der Waals surface area contributed by atoms with Crippen molar-refractivity contribution in [2.24, 2.45) is 0 Å². The van der Waals surface area contributed by atoms with Crippen molar-refractivity contribution in [2.45, 2.75) is 32.0 Å². The monoisotopic (exact) mass is 351 g/mol. The van der Waals surface area contributed by atoms with Crippen molar-refractivity contribution < 1.29 is 14.6 Å². The molecule has 0 aromatic heterocycles.